The van der Waals surface area contributed by atoms with Gasteiger partial charge in [-0.2, -0.15) is 0 Å². The largest absolute Gasteiger partial charge is 0.323 e. The number of hydrogen-bond donors (Lipinski definition) is 1. The number of carbonyl (C=O) groups excluding carboxylic acids is 1. The van der Waals surface area contributed by atoms with E-state index in [1.165, 1.54) is 0 Å². The summed E-state index contributed by atoms with van der Waals surface area (Å²) >= 11 is 2.91. The van der Waals surface area contributed by atoms with E-state index in [0.29, 0.717) is 20.9 Å². The van der Waals surface area contributed by atoms with Crippen LogP contribution >= 0.6 is 22.6 Å². The van der Waals surface area contributed by atoms with Gasteiger partial charge in [0.2, 0.25) is 0 Å². The molecule has 1 atom stereocenters. The molecule has 1 N–H and O–H groups in total. The zero-order valence-corrected chi connectivity index (χ0v) is 9.57. The first-order chi connectivity index (χ1) is 4.15. The lowest BCUT2D eigenvalue weighted by Gasteiger charge is -2.18. The van der Waals surface area contributed by atoms with Crippen LogP contribution in [0.1, 0.15) is 12.8 Å². The summed E-state index contributed by atoms with van der Waals surface area (Å²) in [5, 5.41) is 3.20. The molecular weight excluding hydrogens is 244 g/mol. The molecule has 1 heterocycles. The maximum Gasteiger partial charge on any atom is 0.323 e. The smallest absolute Gasteiger partial charge is 0.319 e. The van der Waals surface area contributed by atoms with Crippen LogP contribution in [0.15, 0.2) is 0 Å². The summed E-state index contributed by atoms with van der Waals surface area (Å²) < 4.78 is 0.227. The van der Waals surface area contributed by atoms with Crippen LogP contribution < -0.4 is 5.32 Å². The molecule has 1 saturated heterocycles. The fourth-order valence-corrected chi connectivity index (χ4v) is 2.09. The van der Waals surface area contributed by atoms with Gasteiger partial charge < -0.3 is 4.79 Å². The monoisotopic (exact) mass is 253 g/mol. The molecule has 1 aliphatic rings. The van der Waals surface area contributed by atoms with Crippen LogP contribution in [0.3, 0.4) is 0 Å². The van der Waals surface area contributed by atoms with Gasteiger partial charge in [0, 0.05) is 0 Å². The minimum absolute atomic E-state index is 0.163. The van der Waals surface area contributed by atoms with E-state index in [0.717, 1.165) is 19.4 Å². The van der Waals surface area contributed by atoms with Crippen LogP contribution in [0.4, 0.5) is 0 Å². The van der Waals surface area contributed by atoms with E-state index in [1.54, 1.807) is 0 Å². The zero-order valence-electron chi connectivity index (χ0n) is 5.41. The van der Waals surface area contributed by atoms with Crippen LogP contribution in [0.5, 0.6) is 0 Å². The summed E-state index contributed by atoms with van der Waals surface area (Å²) in [7, 11) is 0. The highest BCUT2D eigenvalue weighted by Gasteiger charge is 2.33. The number of hydrogen-bond acceptors (Lipinski definition) is 2. The molecule has 50 valence electrons. The topological polar surface area (TPSA) is 29.1 Å². The molecule has 0 aromatic heterocycles. The summed E-state index contributed by atoms with van der Waals surface area (Å²) in [6.07, 6.45) is 2.17. The van der Waals surface area contributed by atoms with Gasteiger partial charge in [0.1, 0.15) is 3.55 Å². The second kappa shape index (κ2) is 2.87. The second-order valence-corrected chi connectivity index (χ2v) is 5.14. The molecule has 2 nitrogen and oxygen atoms in total. The Kier molecular flexibility index (Phi) is 2.55. The van der Waals surface area contributed by atoms with E-state index in [4.69, 9.17) is 0 Å². The van der Waals surface area contributed by atoms with Crippen molar-refractivity contribution in [1.29, 1.82) is 0 Å². The van der Waals surface area contributed by atoms with Crippen LogP contribution in [0, 0.1) is 0 Å². The highest BCUT2D eigenvalue weighted by Crippen LogP contribution is 2.26. The summed E-state index contributed by atoms with van der Waals surface area (Å²) in [4.78, 5) is 11.0. The molecule has 1 fully saturated rings. The fourth-order valence-electron chi connectivity index (χ4n) is 1.01. The first kappa shape index (κ1) is 7.99. The Morgan fingerprint density at radius 1 is 1.78 bits per heavy atom. The van der Waals surface area contributed by atoms with E-state index in [1.807, 2.05) is 0 Å². The summed E-state index contributed by atoms with van der Waals surface area (Å²) in [5.41, 5.74) is 0. The third kappa shape index (κ3) is 1.67. The zero-order chi connectivity index (χ0) is 6.91. The van der Waals surface area contributed by atoms with Gasteiger partial charge in [-0.3, -0.25) is 5.32 Å². The van der Waals surface area contributed by atoms with Gasteiger partial charge in [0.05, 0.1) is 4.65 Å². The Labute approximate surface area is 76.3 Å². The van der Waals surface area contributed by atoms with Gasteiger partial charge in [-0.15, -0.1) is 0 Å². The molecule has 0 spiro atoms. The lowest BCUT2D eigenvalue weighted by molar-refractivity contribution is -0.113. The number of nitrogens with one attached hydrogen (secondary N) is 1. The number of halogens is 1. The Bertz CT molecular complexity index is 133. The van der Waals surface area contributed by atoms with Gasteiger partial charge in [-0.25, -0.2) is 0 Å². The molecule has 0 amide bonds. The van der Waals surface area contributed by atoms with Gasteiger partial charge >= 0.3 is 16.3 Å². The number of rotatable bonds is 1. The van der Waals surface area contributed by atoms with Gasteiger partial charge in [0.15, 0.2) is 0 Å². The average Bonchev–Trinajstić information content (AvgIpc) is 2.16. The minimum atomic E-state index is -0.163. The van der Waals surface area contributed by atoms with Crippen LogP contribution in [-0.4, -0.2) is 31.0 Å². The molecular formula is C5H9AlINO. The van der Waals surface area contributed by atoms with E-state index >= 15 is 0 Å². The van der Waals surface area contributed by atoms with Crippen molar-refractivity contribution in [2.75, 3.05) is 6.54 Å². The molecule has 0 aromatic carbocycles. The van der Waals surface area contributed by atoms with Crippen molar-refractivity contribution >= 4 is 43.5 Å². The number of carbonyl (C=O) groups is 1. The third-order valence-electron chi connectivity index (χ3n) is 1.66. The lowest BCUT2D eigenvalue weighted by atomic mass is 10.2. The quantitative estimate of drug-likeness (QED) is 0.300. The van der Waals surface area contributed by atoms with Crippen LogP contribution in [0.2, 0.25) is 0 Å². The third-order valence-corrected chi connectivity index (χ3v) is 5.21. The SMILES string of the molecule is O=[C]([AlH2])C1(I)CCCN1. The lowest BCUT2D eigenvalue weighted by Crippen LogP contribution is -2.41. The molecule has 1 rings (SSSR count). The molecule has 1 unspecified atom stereocenters. The van der Waals surface area contributed by atoms with Crippen LogP contribution in [0.25, 0.3) is 0 Å². The van der Waals surface area contributed by atoms with Crippen molar-refractivity contribution in [3.8, 4) is 0 Å². The average molecular weight is 253 g/mol. The minimum Gasteiger partial charge on any atom is -0.319 e. The van der Waals surface area contributed by atoms with Crippen LogP contribution in [-0.2, 0) is 4.79 Å². The Balaban J connectivity index is 2.61. The first-order valence-electron chi connectivity index (χ1n) is 3.10. The Hall–Kier alpha value is 0.892. The normalized spacial score (nSPS) is 34.8. The van der Waals surface area contributed by atoms with Crippen molar-refractivity contribution in [3.63, 3.8) is 0 Å². The molecule has 1 aliphatic heterocycles. The van der Waals surface area contributed by atoms with Gasteiger partial charge in [0.25, 0.3) is 0 Å². The molecule has 0 aromatic rings. The first-order valence-corrected chi connectivity index (χ1v) is 5.18. The highest BCUT2D eigenvalue weighted by molar-refractivity contribution is 14.1. The second-order valence-electron chi connectivity index (χ2n) is 2.39. The predicted octanol–water partition coefficient (Wildman–Crippen LogP) is -0.339. The van der Waals surface area contributed by atoms with E-state index < -0.39 is 0 Å². The molecule has 0 bridgehead atoms. The standard InChI is InChI=1S/C5H7INO.Al.2H/c6-5(4-8)2-1-3-7-5;;;/h7H,1-3H2;;;. The van der Waals surface area contributed by atoms with E-state index in [9.17, 15) is 4.79 Å². The van der Waals surface area contributed by atoms with Gasteiger partial charge in [-0.05, 0) is 19.4 Å². The maximum absolute atomic E-state index is 11.0. The van der Waals surface area contributed by atoms with E-state index in [2.05, 4.69) is 27.9 Å². The molecule has 0 aliphatic carbocycles. The van der Waals surface area contributed by atoms with Crippen molar-refractivity contribution in [3.05, 3.63) is 0 Å². The molecule has 0 saturated carbocycles. The van der Waals surface area contributed by atoms with E-state index in [-0.39, 0.29) is 3.55 Å². The predicted molar refractivity (Wildman–Crippen MR) is 47.5 cm³/mol. The Morgan fingerprint density at radius 2 is 2.44 bits per heavy atom. The maximum atomic E-state index is 11.0. The van der Waals surface area contributed by atoms with Crippen molar-refractivity contribution in [2.45, 2.75) is 16.4 Å². The fraction of sp³-hybridized carbons (Fsp3) is 0.800. The van der Waals surface area contributed by atoms with Crippen molar-refractivity contribution in [2.24, 2.45) is 0 Å². The van der Waals surface area contributed by atoms with Crippen molar-refractivity contribution in [1.82, 2.24) is 5.32 Å². The Morgan fingerprint density at radius 3 is 2.67 bits per heavy atom. The summed E-state index contributed by atoms with van der Waals surface area (Å²) in [6, 6.07) is 0. The molecule has 0 radical (unpaired) electrons. The number of alkyl halides is 1. The summed E-state index contributed by atoms with van der Waals surface area (Å²) in [5.74, 6) is 0. The molecule has 9 heavy (non-hydrogen) atoms. The van der Waals surface area contributed by atoms with Gasteiger partial charge in [-0.1, -0.05) is 22.6 Å². The van der Waals surface area contributed by atoms with Crippen molar-refractivity contribution < 1.29 is 4.79 Å². The summed E-state index contributed by atoms with van der Waals surface area (Å²) in [6.45, 7) is 1.01. The highest BCUT2D eigenvalue weighted by atomic mass is 127. The molecule has 4 heteroatoms.